The van der Waals surface area contributed by atoms with Crippen LogP contribution < -0.4 is 20.9 Å². The molecule has 0 radical (unpaired) electrons. The van der Waals surface area contributed by atoms with E-state index in [2.05, 4.69) is 20.1 Å². The van der Waals surface area contributed by atoms with Gasteiger partial charge in [0.2, 0.25) is 0 Å². The van der Waals surface area contributed by atoms with Crippen molar-refractivity contribution in [2.45, 2.75) is 44.9 Å². The highest BCUT2D eigenvalue weighted by molar-refractivity contribution is 7.52. The lowest BCUT2D eigenvalue weighted by atomic mass is 9.98. The first-order valence-electron chi connectivity index (χ1n) is 11.2. The molecule has 200 valence electrons. The van der Waals surface area contributed by atoms with Gasteiger partial charge in [-0.3, -0.25) is 23.7 Å². The Bertz CT molecular complexity index is 1310. The van der Waals surface area contributed by atoms with E-state index in [0.717, 1.165) is 16.8 Å². The number of aliphatic hydroxyl groups excluding tert-OH is 1. The summed E-state index contributed by atoms with van der Waals surface area (Å²) in [6, 6.07) is 7.88. The number of carbonyl (C=O) groups excluding carboxylic acids is 1. The molecule has 1 aromatic heterocycles. The van der Waals surface area contributed by atoms with Gasteiger partial charge in [-0.1, -0.05) is 30.2 Å². The minimum Gasteiger partial charge on any atom is -0.465 e. The monoisotopic (exact) mass is 538 g/mol. The lowest BCUT2D eigenvalue weighted by Crippen LogP contribution is -2.44. The van der Waals surface area contributed by atoms with Crippen molar-refractivity contribution in [1.82, 2.24) is 14.6 Å². The molecule has 1 fully saturated rings. The van der Waals surface area contributed by atoms with E-state index in [1.54, 1.807) is 25.1 Å². The van der Waals surface area contributed by atoms with Crippen LogP contribution in [0.1, 0.15) is 27.0 Å². The summed E-state index contributed by atoms with van der Waals surface area (Å²) in [5.74, 6) is -1.44. The van der Waals surface area contributed by atoms with Gasteiger partial charge in [-0.15, -0.1) is 0 Å². The van der Waals surface area contributed by atoms with Crippen LogP contribution in [0.15, 0.2) is 57.3 Å². The summed E-state index contributed by atoms with van der Waals surface area (Å²) < 4.78 is 36.5. The van der Waals surface area contributed by atoms with E-state index in [1.165, 1.54) is 26.0 Å². The van der Waals surface area contributed by atoms with Crippen LogP contribution in [0, 0.1) is 5.92 Å². The quantitative estimate of drug-likeness (QED) is 0.124. The second kappa shape index (κ2) is 11.7. The lowest BCUT2D eigenvalue weighted by molar-refractivity contribution is -0.144. The highest BCUT2D eigenvalue weighted by Gasteiger charge is 2.55. The molecule has 1 aromatic carbocycles. The highest BCUT2D eigenvalue weighted by atomic mass is 31.2. The minimum absolute atomic E-state index is 0.0823. The van der Waals surface area contributed by atoms with E-state index in [4.69, 9.17) is 18.5 Å². The molecule has 0 aliphatic carbocycles. The third-order valence-corrected chi connectivity index (χ3v) is 7.10. The Labute approximate surface area is 210 Å². The molecule has 0 bridgehead atoms. The summed E-state index contributed by atoms with van der Waals surface area (Å²) in [4.78, 5) is 40.7. The number of aromatic nitrogens is 2. The number of aliphatic hydroxyl groups is 1. The Morgan fingerprint density at radius 2 is 2.08 bits per heavy atom. The number of H-pyrrole nitrogens is 1. The number of carbonyl (C=O) groups is 1. The van der Waals surface area contributed by atoms with Gasteiger partial charge in [0.15, 0.2) is 5.72 Å². The number of hydrogen-bond acceptors (Lipinski definition) is 10. The number of azide groups is 1. The predicted molar refractivity (Wildman–Crippen MR) is 128 cm³/mol. The predicted octanol–water partition coefficient (Wildman–Crippen LogP) is 1.81. The Hall–Kier alpha value is -3.45. The smallest absolute Gasteiger partial charge is 0.459 e. The van der Waals surface area contributed by atoms with Crippen molar-refractivity contribution in [2.24, 2.45) is 11.0 Å². The first-order valence-corrected chi connectivity index (χ1v) is 12.8. The number of hydrogen-bond donors (Lipinski definition) is 3. The van der Waals surface area contributed by atoms with E-state index >= 15 is 0 Å². The Morgan fingerprint density at radius 1 is 1.38 bits per heavy atom. The Morgan fingerprint density at radius 3 is 2.70 bits per heavy atom. The van der Waals surface area contributed by atoms with Crippen LogP contribution in [0.25, 0.3) is 10.4 Å². The molecule has 0 saturated carbocycles. The van der Waals surface area contributed by atoms with Crippen LogP contribution in [-0.4, -0.2) is 51.7 Å². The second-order valence-electron chi connectivity index (χ2n) is 8.14. The molecule has 1 unspecified atom stereocenters. The number of benzene rings is 1. The average molecular weight is 538 g/mol. The summed E-state index contributed by atoms with van der Waals surface area (Å²) in [6.45, 7) is 3.79. The molecule has 3 N–H and O–H groups in total. The Balaban J connectivity index is 1.91. The minimum atomic E-state index is -4.39. The summed E-state index contributed by atoms with van der Waals surface area (Å²) in [6.07, 6.45) is -1.57. The van der Waals surface area contributed by atoms with Crippen LogP contribution in [0.5, 0.6) is 5.75 Å². The fourth-order valence-electron chi connectivity index (χ4n) is 3.64. The van der Waals surface area contributed by atoms with E-state index in [-0.39, 0.29) is 12.4 Å². The van der Waals surface area contributed by atoms with Crippen molar-refractivity contribution in [3.63, 3.8) is 0 Å². The third kappa shape index (κ3) is 6.46. The summed E-state index contributed by atoms with van der Waals surface area (Å²) >= 11 is 0. The number of ether oxygens (including phenoxy) is 2. The molecule has 1 aliphatic heterocycles. The number of esters is 1. The van der Waals surface area contributed by atoms with Crippen molar-refractivity contribution in [3.05, 3.63) is 73.9 Å². The van der Waals surface area contributed by atoms with E-state index < -0.39 is 61.6 Å². The largest absolute Gasteiger partial charge is 0.465 e. The Kier molecular flexibility index (Phi) is 8.92. The normalized spacial score (nSPS) is 25.5. The maximum Gasteiger partial charge on any atom is 0.459 e. The van der Waals surface area contributed by atoms with Gasteiger partial charge in [-0.05, 0) is 31.5 Å². The average Bonchev–Trinajstić information content (AvgIpc) is 3.09. The van der Waals surface area contributed by atoms with Gasteiger partial charge in [0.05, 0.1) is 19.3 Å². The lowest BCUT2D eigenvalue weighted by Gasteiger charge is -2.30. The summed E-state index contributed by atoms with van der Waals surface area (Å²) in [5, 5.41) is 17.0. The van der Waals surface area contributed by atoms with E-state index in [1.807, 2.05) is 0 Å². The van der Waals surface area contributed by atoms with Crippen molar-refractivity contribution in [2.75, 3.05) is 13.2 Å². The fraction of sp³-hybridized carbons (Fsp3) is 0.476. The molecule has 0 spiro atoms. The molecular weight excluding hydrogens is 511 g/mol. The fourth-order valence-corrected chi connectivity index (χ4v) is 5.16. The molecule has 2 aromatic rings. The summed E-state index contributed by atoms with van der Waals surface area (Å²) in [7, 11) is -4.39. The molecular formula is C21H27N6O9P. The van der Waals surface area contributed by atoms with Gasteiger partial charge in [-0.2, -0.15) is 5.09 Å². The number of aromatic amines is 1. The zero-order valence-electron chi connectivity index (χ0n) is 20.2. The van der Waals surface area contributed by atoms with Crippen LogP contribution in [-0.2, 0) is 23.4 Å². The van der Waals surface area contributed by atoms with Crippen LogP contribution >= 0.6 is 7.75 Å². The number of rotatable bonds is 11. The highest BCUT2D eigenvalue weighted by Crippen LogP contribution is 2.49. The zero-order chi connectivity index (χ0) is 27.2. The first-order chi connectivity index (χ1) is 17.5. The van der Waals surface area contributed by atoms with Gasteiger partial charge < -0.3 is 19.1 Å². The molecule has 37 heavy (non-hydrogen) atoms. The maximum absolute atomic E-state index is 13.7. The van der Waals surface area contributed by atoms with Gasteiger partial charge in [0.25, 0.3) is 5.56 Å². The van der Waals surface area contributed by atoms with Crippen LogP contribution in [0.4, 0.5) is 0 Å². The van der Waals surface area contributed by atoms with Crippen molar-refractivity contribution >= 4 is 13.7 Å². The molecule has 6 atom stereocenters. The van der Waals surface area contributed by atoms with Gasteiger partial charge in [0, 0.05) is 23.1 Å². The van der Waals surface area contributed by atoms with Gasteiger partial charge in [-0.25, -0.2) is 9.36 Å². The van der Waals surface area contributed by atoms with Crippen molar-refractivity contribution < 1.29 is 33.0 Å². The van der Waals surface area contributed by atoms with E-state index in [0.29, 0.717) is 0 Å². The SMILES string of the molecule is CCOC(=O)[C@@H](C)NP(=O)(OC[C@]1(N=[N+]=[N-])O[C@H](n2ccc(=O)[nH]c2=O)[C@H](C)[C@H]1O)Oc1ccccc1. The van der Waals surface area contributed by atoms with Gasteiger partial charge >= 0.3 is 19.4 Å². The number of nitrogens with zero attached hydrogens (tertiary/aromatic N) is 4. The van der Waals surface area contributed by atoms with Crippen molar-refractivity contribution in [1.29, 1.82) is 0 Å². The molecule has 1 aliphatic rings. The van der Waals surface area contributed by atoms with E-state index in [9.17, 15) is 29.6 Å². The number of para-hydroxylation sites is 1. The van der Waals surface area contributed by atoms with Gasteiger partial charge in [0.1, 0.15) is 18.0 Å². The first kappa shape index (κ1) is 28.1. The van der Waals surface area contributed by atoms with Crippen LogP contribution in [0.2, 0.25) is 0 Å². The molecule has 1 saturated heterocycles. The maximum atomic E-state index is 13.7. The summed E-state index contributed by atoms with van der Waals surface area (Å²) in [5.41, 5.74) is 5.59. The molecule has 2 heterocycles. The van der Waals surface area contributed by atoms with Crippen LogP contribution in [0.3, 0.4) is 0 Å². The zero-order valence-corrected chi connectivity index (χ0v) is 21.1. The van der Waals surface area contributed by atoms with Crippen molar-refractivity contribution in [3.8, 4) is 5.75 Å². The molecule has 3 rings (SSSR count). The number of nitrogens with one attached hydrogen (secondary N) is 2. The third-order valence-electron chi connectivity index (χ3n) is 5.48. The topological polar surface area (TPSA) is 207 Å². The molecule has 15 nitrogen and oxygen atoms in total. The molecule has 0 amide bonds. The second-order valence-corrected chi connectivity index (χ2v) is 9.84. The molecule has 16 heteroatoms. The standard InChI is InChI=1S/C21H27N6O9P/c1-4-33-19(30)14(3)24-37(32,36-15-8-6-5-7-9-15)34-12-21(25-26-22)17(29)13(2)18(35-21)27-11-10-16(28)23-20(27)31/h5-11,13-14,17-18,29H,4,12H2,1-3H3,(H,24,32)(H,23,28,31)/t13-,14-,17-,18+,21+,37?/m1/s1.